The third kappa shape index (κ3) is 1.69. The normalized spacial score (nSPS) is 9.17. The molecule has 0 unspecified atom stereocenters. The Balaban J connectivity index is 2.84. The number of carbonyl (C=O) groups is 1. The average Bonchev–Trinajstić information content (AvgIpc) is 2.17. The van der Waals surface area contributed by atoms with Crippen LogP contribution in [-0.4, -0.2) is 30.2 Å². The van der Waals surface area contributed by atoms with Crippen LogP contribution in [0.4, 0.5) is 0 Å². The van der Waals surface area contributed by atoms with Crippen molar-refractivity contribution in [3.05, 3.63) is 18.2 Å². The SMILES string of the molecule is COC(=O)c1ncc(OC)cn1. The zero-order valence-electron chi connectivity index (χ0n) is 6.77. The van der Waals surface area contributed by atoms with Crippen LogP contribution in [0.1, 0.15) is 10.6 Å². The van der Waals surface area contributed by atoms with E-state index < -0.39 is 5.97 Å². The molecule has 0 bridgehead atoms. The molecule has 0 atom stereocenters. The van der Waals surface area contributed by atoms with E-state index in [1.54, 1.807) is 0 Å². The summed E-state index contributed by atoms with van der Waals surface area (Å²) in [5.41, 5.74) is 0. The molecule has 0 amide bonds. The molecule has 1 heterocycles. The second-order valence-electron chi connectivity index (χ2n) is 1.94. The van der Waals surface area contributed by atoms with E-state index in [1.165, 1.54) is 26.6 Å². The Bertz CT molecular complexity index is 270. The van der Waals surface area contributed by atoms with Gasteiger partial charge in [0.15, 0.2) is 5.75 Å². The predicted octanol–water partition coefficient (Wildman–Crippen LogP) is 0.272. The maximum atomic E-state index is 10.8. The lowest BCUT2D eigenvalue weighted by atomic mass is 10.5. The van der Waals surface area contributed by atoms with Gasteiger partial charge in [-0.1, -0.05) is 0 Å². The first-order valence-corrected chi connectivity index (χ1v) is 3.22. The van der Waals surface area contributed by atoms with Gasteiger partial charge < -0.3 is 9.47 Å². The van der Waals surface area contributed by atoms with Crippen molar-refractivity contribution in [3.63, 3.8) is 0 Å². The molecule has 0 aliphatic heterocycles. The molecule has 5 nitrogen and oxygen atoms in total. The molecule has 1 aromatic heterocycles. The summed E-state index contributed by atoms with van der Waals surface area (Å²) in [6.07, 6.45) is 2.80. The molecular formula is C7H8N2O3. The lowest BCUT2D eigenvalue weighted by Gasteiger charge is -1.98. The first-order chi connectivity index (χ1) is 5.77. The van der Waals surface area contributed by atoms with Crippen molar-refractivity contribution in [2.45, 2.75) is 0 Å². The Morgan fingerprint density at radius 2 is 1.92 bits per heavy atom. The highest BCUT2D eigenvalue weighted by atomic mass is 16.5. The van der Waals surface area contributed by atoms with Crippen LogP contribution in [0.15, 0.2) is 12.4 Å². The summed E-state index contributed by atoms with van der Waals surface area (Å²) >= 11 is 0. The molecule has 0 aliphatic rings. The first-order valence-electron chi connectivity index (χ1n) is 3.22. The van der Waals surface area contributed by atoms with Gasteiger partial charge in [-0.05, 0) is 0 Å². The van der Waals surface area contributed by atoms with E-state index in [1.807, 2.05) is 0 Å². The molecule has 0 radical (unpaired) electrons. The molecule has 0 aliphatic carbocycles. The summed E-state index contributed by atoms with van der Waals surface area (Å²) in [6.45, 7) is 0. The summed E-state index contributed by atoms with van der Waals surface area (Å²) in [5, 5.41) is 0. The molecule has 0 saturated carbocycles. The average molecular weight is 168 g/mol. The van der Waals surface area contributed by atoms with E-state index in [0.29, 0.717) is 5.75 Å². The van der Waals surface area contributed by atoms with Gasteiger partial charge in [-0.15, -0.1) is 0 Å². The number of aromatic nitrogens is 2. The van der Waals surface area contributed by atoms with Gasteiger partial charge in [0.1, 0.15) is 0 Å². The van der Waals surface area contributed by atoms with Crippen LogP contribution >= 0.6 is 0 Å². The van der Waals surface area contributed by atoms with Crippen molar-refractivity contribution >= 4 is 5.97 Å². The fraction of sp³-hybridized carbons (Fsp3) is 0.286. The number of methoxy groups -OCH3 is 2. The van der Waals surface area contributed by atoms with Crippen molar-refractivity contribution in [3.8, 4) is 5.75 Å². The van der Waals surface area contributed by atoms with Crippen LogP contribution in [0.2, 0.25) is 0 Å². The standard InChI is InChI=1S/C7H8N2O3/c1-11-5-3-8-6(9-4-5)7(10)12-2/h3-4H,1-2H3. The molecule has 12 heavy (non-hydrogen) atoms. The minimum Gasteiger partial charge on any atom is -0.494 e. The predicted molar refractivity (Wildman–Crippen MR) is 39.9 cm³/mol. The van der Waals surface area contributed by atoms with E-state index in [2.05, 4.69) is 14.7 Å². The van der Waals surface area contributed by atoms with Crippen molar-refractivity contribution in [2.75, 3.05) is 14.2 Å². The fourth-order valence-electron chi connectivity index (χ4n) is 0.618. The molecule has 5 heteroatoms. The van der Waals surface area contributed by atoms with E-state index in [-0.39, 0.29) is 5.82 Å². The smallest absolute Gasteiger partial charge is 0.376 e. The van der Waals surface area contributed by atoms with Crippen LogP contribution in [0.3, 0.4) is 0 Å². The van der Waals surface area contributed by atoms with Crippen LogP contribution < -0.4 is 4.74 Å². The highest BCUT2D eigenvalue weighted by Gasteiger charge is 2.07. The monoisotopic (exact) mass is 168 g/mol. The van der Waals surface area contributed by atoms with Crippen LogP contribution in [0.5, 0.6) is 5.75 Å². The van der Waals surface area contributed by atoms with Crippen molar-refractivity contribution in [1.82, 2.24) is 9.97 Å². The van der Waals surface area contributed by atoms with Gasteiger partial charge in [0.25, 0.3) is 0 Å². The largest absolute Gasteiger partial charge is 0.494 e. The van der Waals surface area contributed by atoms with E-state index in [4.69, 9.17) is 4.74 Å². The Labute approximate surface area is 69.4 Å². The van der Waals surface area contributed by atoms with Crippen LogP contribution in [-0.2, 0) is 4.74 Å². The van der Waals surface area contributed by atoms with Crippen LogP contribution in [0, 0.1) is 0 Å². The molecule has 0 fully saturated rings. The van der Waals surface area contributed by atoms with Gasteiger partial charge in [-0.3, -0.25) is 0 Å². The number of nitrogens with zero attached hydrogens (tertiary/aromatic N) is 2. The third-order valence-electron chi connectivity index (χ3n) is 1.23. The van der Waals surface area contributed by atoms with Gasteiger partial charge in [-0.2, -0.15) is 0 Å². The summed E-state index contributed by atoms with van der Waals surface area (Å²) in [7, 11) is 2.77. The molecule has 0 N–H and O–H groups in total. The summed E-state index contributed by atoms with van der Waals surface area (Å²) in [5.74, 6) is -0.0291. The zero-order chi connectivity index (χ0) is 8.97. The summed E-state index contributed by atoms with van der Waals surface area (Å²) in [6, 6.07) is 0. The fourth-order valence-corrected chi connectivity index (χ4v) is 0.618. The highest BCUT2D eigenvalue weighted by Crippen LogP contribution is 2.04. The summed E-state index contributed by atoms with van der Waals surface area (Å²) < 4.78 is 9.21. The lowest BCUT2D eigenvalue weighted by Crippen LogP contribution is -2.06. The highest BCUT2D eigenvalue weighted by molar-refractivity contribution is 5.84. The zero-order valence-corrected chi connectivity index (χ0v) is 6.77. The molecular weight excluding hydrogens is 160 g/mol. The first kappa shape index (κ1) is 8.45. The molecule has 0 aromatic carbocycles. The van der Waals surface area contributed by atoms with Gasteiger partial charge in [0, 0.05) is 0 Å². The van der Waals surface area contributed by atoms with Crippen LogP contribution in [0.25, 0.3) is 0 Å². The summed E-state index contributed by atoms with van der Waals surface area (Å²) in [4.78, 5) is 18.2. The van der Waals surface area contributed by atoms with Gasteiger partial charge in [0.2, 0.25) is 5.82 Å². The number of ether oxygens (including phenoxy) is 2. The minimum atomic E-state index is -0.558. The molecule has 1 rings (SSSR count). The second kappa shape index (κ2) is 3.66. The van der Waals surface area contributed by atoms with Crippen molar-refractivity contribution < 1.29 is 14.3 Å². The van der Waals surface area contributed by atoms with E-state index >= 15 is 0 Å². The third-order valence-corrected chi connectivity index (χ3v) is 1.23. The van der Waals surface area contributed by atoms with Crippen molar-refractivity contribution in [2.24, 2.45) is 0 Å². The molecule has 0 spiro atoms. The minimum absolute atomic E-state index is 0.0262. The van der Waals surface area contributed by atoms with E-state index in [0.717, 1.165) is 0 Å². The molecule has 64 valence electrons. The molecule has 1 aromatic rings. The Morgan fingerprint density at radius 3 is 2.33 bits per heavy atom. The second-order valence-corrected chi connectivity index (χ2v) is 1.94. The Hall–Kier alpha value is -1.65. The van der Waals surface area contributed by atoms with Crippen molar-refractivity contribution in [1.29, 1.82) is 0 Å². The number of rotatable bonds is 2. The molecule has 0 saturated heterocycles. The maximum absolute atomic E-state index is 10.8. The number of carbonyl (C=O) groups excluding carboxylic acids is 1. The number of hydrogen-bond acceptors (Lipinski definition) is 5. The topological polar surface area (TPSA) is 61.3 Å². The Morgan fingerprint density at radius 1 is 1.33 bits per heavy atom. The quantitative estimate of drug-likeness (QED) is 0.593. The number of hydrogen-bond donors (Lipinski definition) is 0. The Kier molecular flexibility index (Phi) is 2.57. The van der Waals surface area contributed by atoms with E-state index in [9.17, 15) is 4.79 Å². The van der Waals surface area contributed by atoms with Gasteiger partial charge in [-0.25, -0.2) is 14.8 Å². The lowest BCUT2D eigenvalue weighted by molar-refractivity contribution is 0.0586. The maximum Gasteiger partial charge on any atom is 0.376 e. The van der Waals surface area contributed by atoms with Gasteiger partial charge in [0.05, 0.1) is 26.6 Å². The number of esters is 1. The van der Waals surface area contributed by atoms with Gasteiger partial charge >= 0.3 is 5.97 Å².